The van der Waals surface area contributed by atoms with Gasteiger partial charge in [-0.25, -0.2) is 21.6 Å². The first-order chi connectivity index (χ1) is 10.6. The van der Waals surface area contributed by atoms with Crippen molar-refractivity contribution in [2.75, 3.05) is 6.26 Å². The minimum atomic E-state index is -3.97. The van der Waals surface area contributed by atoms with Crippen LogP contribution in [0.1, 0.15) is 24.1 Å². The van der Waals surface area contributed by atoms with Gasteiger partial charge < -0.3 is 0 Å². The van der Waals surface area contributed by atoms with Crippen molar-refractivity contribution in [3.8, 4) is 0 Å². The summed E-state index contributed by atoms with van der Waals surface area (Å²) in [5.74, 6) is 0. The minimum absolute atomic E-state index is 0.204. The summed E-state index contributed by atoms with van der Waals surface area (Å²) in [5.41, 5.74) is 1.80. The van der Waals surface area contributed by atoms with Gasteiger partial charge in [0.1, 0.15) is 4.90 Å². The van der Waals surface area contributed by atoms with Gasteiger partial charge in [-0.1, -0.05) is 36.4 Å². The van der Waals surface area contributed by atoms with E-state index in [9.17, 15) is 16.8 Å². The Bertz CT molecular complexity index is 919. The molecular formula is C16H19NO4S2. The molecule has 0 fully saturated rings. The Hall–Kier alpha value is -1.70. The summed E-state index contributed by atoms with van der Waals surface area (Å²) in [4.78, 5) is -0.438. The van der Waals surface area contributed by atoms with Gasteiger partial charge in [-0.15, -0.1) is 0 Å². The first kappa shape index (κ1) is 17.7. The van der Waals surface area contributed by atoms with Crippen LogP contribution in [0.25, 0.3) is 0 Å². The highest BCUT2D eigenvalue weighted by Crippen LogP contribution is 2.24. The molecule has 0 aromatic heterocycles. The molecular weight excluding hydrogens is 334 g/mol. The van der Waals surface area contributed by atoms with E-state index in [1.165, 1.54) is 24.3 Å². The second-order valence-corrected chi connectivity index (χ2v) is 9.09. The van der Waals surface area contributed by atoms with Crippen LogP contribution >= 0.6 is 0 Å². The molecule has 0 unspecified atom stereocenters. The van der Waals surface area contributed by atoms with E-state index in [1.54, 1.807) is 6.92 Å². The van der Waals surface area contributed by atoms with Crippen molar-refractivity contribution in [3.05, 3.63) is 59.7 Å². The fraction of sp³-hybridized carbons (Fsp3) is 0.250. The summed E-state index contributed by atoms with van der Waals surface area (Å²) in [6.45, 7) is 3.62. The summed E-state index contributed by atoms with van der Waals surface area (Å²) >= 11 is 0. The molecule has 0 aliphatic carbocycles. The van der Waals surface area contributed by atoms with Crippen molar-refractivity contribution < 1.29 is 16.8 Å². The summed E-state index contributed by atoms with van der Waals surface area (Å²) in [6, 6.07) is 12.5. The lowest BCUT2D eigenvalue weighted by Gasteiger charge is -2.17. The number of nitrogens with one attached hydrogen (secondary N) is 1. The van der Waals surface area contributed by atoms with E-state index >= 15 is 0 Å². The topological polar surface area (TPSA) is 80.3 Å². The van der Waals surface area contributed by atoms with Crippen molar-refractivity contribution in [2.45, 2.75) is 29.7 Å². The molecule has 2 rings (SSSR count). The highest BCUT2D eigenvalue weighted by molar-refractivity contribution is 7.93. The Balaban J connectivity index is 2.43. The van der Waals surface area contributed by atoms with Crippen molar-refractivity contribution in [1.29, 1.82) is 0 Å². The maximum absolute atomic E-state index is 12.6. The lowest BCUT2D eigenvalue weighted by molar-refractivity contribution is 0.561. The molecule has 1 N–H and O–H groups in total. The fourth-order valence-corrected chi connectivity index (χ4v) is 5.26. The molecule has 0 saturated carbocycles. The number of rotatable bonds is 5. The predicted molar refractivity (Wildman–Crippen MR) is 89.5 cm³/mol. The molecule has 0 bridgehead atoms. The highest BCUT2D eigenvalue weighted by atomic mass is 32.2. The van der Waals surface area contributed by atoms with Gasteiger partial charge in [0.05, 0.1) is 4.90 Å². The molecule has 1 atom stereocenters. The number of benzene rings is 2. The van der Waals surface area contributed by atoms with E-state index in [4.69, 9.17) is 0 Å². The van der Waals surface area contributed by atoms with Gasteiger partial charge in [0.2, 0.25) is 10.0 Å². The first-order valence-corrected chi connectivity index (χ1v) is 10.4. The van der Waals surface area contributed by atoms with Crippen LogP contribution in [0.4, 0.5) is 0 Å². The molecule has 2 aromatic carbocycles. The third-order valence-electron chi connectivity index (χ3n) is 3.53. The third kappa shape index (κ3) is 3.99. The van der Waals surface area contributed by atoms with E-state index in [1.807, 2.05) is 31.2 Å². The van der Waals surface area contributed by atoms with Crippen LogP contribution in [0.5, 0.6) is 0 Å². The van der Waals surface area contributed by atoms with E-state index in [-0.39, 0.29) is 9.79 Å². The molecule has 124 valence electrons. The van der Waals surface area contributed by atoms with E-state index in [2.05, 4.69) is 4.72 Å². The Labute approximate surface area is 137 Å². The van der Waals surface area contributed by atoms with Gasteiger partial charge in [0, 0.05) is 12.3 Å². The molecule has 0 heterocycles. The Kier molecular flexibility index (Phi) is 4.93. The second kappa shape index (κ2) is 6.43. The normalized spacial score (nSPS) is 13.7. The van der Waals surface area contributed by atoms with Crippen LogP contribution in [0.3, 0.4) is 0 Å². The predicted octanol–water partition coefficient (Wildman–Crippen LogP) is 2.44. The molecule has 0 aliphatic heterocycles. The van der Waals surface area contributed by atoms with Crippen molar-refractivity contribution in [3.63, 3.8) is 0 Å². The van der Waals surface area contributed by atoms with E-state index < -0.39 is 25.9 Å². The fourth-order valence-electron chi connectivity index (χ4n) is 2.41. The van der Waals surface area contributed by atoms with Crippen LogP contribution in [-0.2, 0) is 19.9 Å². The maximum Gasteiger partial charge on any atom is 0.242 e. The number of sulfone groups is 1. The Morgan fingerprint density at radius 3 is 1.96 bits per heavy atom. The zero-order chi connectivity index (χ0) is 17.3. The third-order valence-corrected chi connectivity index (χ3v) is 6.41. The van der Waals surface area contributed by atoms with Gasteiger partial charge in [-0.05, 0) is 37.1 Å². The first-order valence-electron chi connectivity index (χ1n) is 7.00. The monoisotopic (exact) mass is 353 g/mol. The summed E-state index contributed by atoms with van der Waals surface area (Å²) in [7, 11) is -7.61. The standard InChI is InChI=1S/C16H19NO4S2/c1-12-8-4-5-9-14(12)13(2)17-23(20,21)16-11-7-6-10-15(16)22(3,18)19/h4-11,13,17H,1-3H3/t13-/m0/s1. The van der Waals surface area contributed by atoms with E-state index in [0.717, 1.165) is 17.4 Å². The number of hydrogen-bond acceptors (Lipinski definition) is 4. The highest BCUT2D eigenvalue weighted by Gasteiger charge is 2.25. The summed E-state index contributed by atoms with van der Waals surface area (Å²) < 4.78 is 51.4. The van der Waals surface area contributed by atoms with Gasteiger partial charge in [0.15, 0.2) is 9.84 Å². The number of hydrogen-bond donors (Lipinski definition) is 1. The SMILES string of the molecule is Cc1ccccc1[C@H](C)NS(=O)(=O)c1ccccc1S(C)(=O)=O. The molecule has 0 saturated heterocycles. The molecule has 5 nitrogen and oxygen atoms in total. The minimum Gasteiger partial charge on any atom is -0.224 e. The van der Waals surface area contributed by atoms with E-state index in [0.29, 0.717) is 0 Å². The van der Waals surface area contributed by atoms with Crippen LogP contribution < -0.4 is 4.72 Å². The van der Waals surface area contributed by atoms with Crippen LogP contribution in [0, 0.1) is 6.92 Å². The van der Waals surface area contributed by atoms with Gasteiger partial charge in [-0.3, -0.25) is 0 Å². The molecule has 0 aliphatic rings. The van der Waals surface area contributed by atoms with Crippen LogP contribution in [0.15, 0.2) is 58.3 Å². The van der Waals surface area contributed by atoms with Gasteiger partial charge in [-0.2, -0.15) is 0 Å². The zero-order valence-corrected chi connectivity index (χ0v) is 14.8. The van der Waals surface area contributed by atoms with Crippen molar-refractivity contribution in [2.24, 2.45) is 0 Å². The summed E-state index contributed by atoms with van der Waals surface area (Å²) in [5, 5.41) is 0. The van der Waals surface area contributed by atoms with Crippen molar-refractivity contribution in [1.82, 2.24) is 4.72 Å². The smallest absolute Gasteiger partial charge is 0.224 e. The molecule has 0 radical (unpaired) electrons. The lowest BCUT2D eigenvalue weighted by Crippen LogP contribution is -2.28. The van der Waals surface area contributed by atoms with Crippen LogP contribution in [0.2, 0.25) is 0 Å². The molecule has 7 heteroatoms. The van der Waals surface area contributed by atoms with Crippen molar-refractivity contribution >= 4 is 19.9 Å². The number of sulfonamides is 1. The molecule has 0 amide bonds. The lowest BCUT2D eigenvalue weighted by atomic mass is 10.0. The quantitative estimate of drug-likeness (QED) is 0.895. The molecule has 23 heavy (non-hydrogen) atoms. The number of aryl methyl sites for hydroxylation is 1. The van der Waals surface area contributed by atoms with Gasteiger partial charge in [0.25, 0.3) is 0 Å². The molecule has 0 spiro atoms. The Morgan fingerprint density at radius 1 is 0.870 bits per heavy atom. The average molecular weight is 353 g/mol. The average Bonchev–Trinajstić information content (AvgIpc) is 2.46. The zero-order valence-electron chi connectivity index (χ0n) is 13.1. The maximum atomic E-state index is 12.6. The Morgan fingerprint density at radius 2 is 1.39 bits per heavy atom. The van der Waals surface area contributed by atoms with Gasteiger partial charge >= 0.3 is 0 Å². The largest absolute Gasteiger partial charge is 0.242 e. The molecule has 2 aromatic rings. The second-order valence-electron chi connectivity index (χ2n) is 5.42. The summed E-state index contributed by atoms with van der Waals surface area (Å²) in [6.07, 6.45) is 0.992. The van der Waals surface area contributed by atoms with Crippen LogP contribution in [-0.4, -0.2) is 23.1 Å².